The van der Waals surface area contributed by atoms with Crippen LogP contribution in [0.2, 0.25) is 0 Å². The van der Waals surface area contributed by atoms with Crippen molar-refractivity contribution in [2.45, 2.75) is 23.6 Å². The zero-order valence-electron chi connectivity index (χ0n) is 18.4. The number of benzene rings is 3. The molecule has 0 aliphatic carbocycles. The number of halogens is 1. The Morgan fingerprint density at radius 3 is 2.21 bits per heavy atom. The summed E-state index contributed by atoms with van der Waals surface area (Å²) in [6, 6.07) is 14.2. The van der Waals surface area contributed by atoms with E-state index in [0.717, 1.165) is 24.8 Å². The van der Waals surface area contributed by atoms with Crippen LogP contribution in [0.4, 0.5) is 5.69 Å². The number of rotatable bonds is 6. The highest BCUT2D eigenvalue weighted by atomic mass is 35.7. The second-order valence-electron chi connectivity index (χ2n) is 7.73. The SMILES string of the molecule is C=c1ccc2c(c1)Oc1cc(N(CC)CC)ccc1C=2c1ccc(S(=O)(=O)Cl)cc1S(=O)(=O)O. The molecule has 0 aromatic heterocycles. The van der Waals surface area contributed by atoms with Crippen LogP contribution in [0, 0.1) is 0 Å². The molecule has 0 radical (unpaired) electrons. The summed E-state index contributed by atoms with van der Waals surface area (Å²) in [6.07, 6.45) is 0. The first-order valence-electron chi connectivity index (χ1n) is 10.4. The Balaban J connectivity index is 2.10. The van der Waals surface area contributed by atoms with Gasteiger partial charge in [-0.2, -0.15) is 8.42 Å². The van der Waals surface area contributed by atoms with Crippen molar-refractivity contribution in [2.75, 3.05) is 18.0 Å². The summed E-state index contributed by atoms with van der Waals surface area (Å²) in [5.74, 6) is 0.954. The van der Waals surface area contributed by atoms with Crippen molar-refractivity contribution in [1.29, 1.82) is 0 Å². The number of hydrogen-bond acceptors (Lipinski definition) is 6. The standard InChI is InChI=1S/C24H22ClNO6S2/c1-4-26(5-2)16-7-10-19-22(13-16)32-21-12-15(3)6-9-18(21)24(19)20-11-8-17(33(25,27)28)14-23(20)34(29,30)31/h6-14H,3-5H2,1-2H3,(H,29,30,31). The average Bonchev–Trinajstić information content (AvgIpc) is 2.76. The predicted octanol–water partition coefficient (Wildman–Crippen LogP) is 3.47. The zero-order valence-corrected chi connectivity index (χ0v) is 20.8. The fourth-order valence-corrected chi connectivity index (χ4v) is 5.65. The van der Waals surface area contributed by atoms with E-state index in [-0.39, 0.29) is 5.56 Å². The Labute approximate surface area is 202 Å². The van der Waals surface area contributed by atoms with E-state index in [1.165, 1.54) is 12.1 Å². The van der Waals surface area contributed by atoms with Crippen molar-refractivity contribution >= 4 is 47.7 Å². The van der Waals surface area contributed by atoms with Gasteiger partial charge in [-0.15, -0.1) is 0 Å². The van der Waals surface area contributed by atoms with E-state index in [2.05, 4.69) is 11.5 Å². The molecule has 0 fully saturated rings. The highest BCUT2D eigenvalue weighted by molar-refractivity contribution is 8.13. The van der Waals surface area contributed by atoms with Crippen molar-refractivity contribution in [2.24, 2.45) is 0 Å². The molecule has 1 aliphatic heterocycles. The third-order valence-electron chi connectivity index (χ3n) is 5.68. The normalized spacial score (nSPS) is 13.1. The van der Waals surface area contributed by atoms with Crippen LogP contribution in [0.3, 0.4) is 0 Å². The summed E-state index contributed by atoms with van der Waals surface area (Å²) in [5, 5.41) is 1.27. The van der Waals surface area contributed by atoms with E-state index < -0.39 is 29.0 Å². The maximum Gasteiger partial charge on any atom is 0.295 e. The first-order chi connectivity index (χ1) is 15.9. The highest BCUT2D eigenvalue weighted by Crippen LogP contribution is 2.40. The van der Waals surface area contributed by atoms with Crippen LogP contribution in [0.5, 0.6) is 11.5 Å². The molecule has 10 heteroatoms. The molecule has 7 nitrogen and oxygen atoms in total. The molecular formula is C24H22ClNO6S2. The molecular weight excluding hydrogens is 498 g/mol. The summed E-state index contributed by atoms with van der Waals surface area (Å²) in [6.45, 7) is 9.58. The second-order valence-corrected chi connectivity index (χ2v) is 11.7. The van der Waals surface area contributed by atoms with E-state index in [9.17, 15) is 21.4 Å². The van der Waals surface area contributed by atoms with Gasteiger partial charge in [0.1, 0.15) is 16.4 Å². The lowest BCUT2D eigenvalue weighted by Gasteiger charge is -2.26. The molecule has 1 N–H and O–H groups in total. The quantitative estimate of drug-likeness (QED) is 0.307. The molecule has 0 amide bonds. The van der Waals surface area contributed by atoms with Crippen molar-refractivity contribution in [1.82, 2.24) is 0 Å². The van der Waals surface area contributed by atoms with Gasteiger partial charge in [-0.05, 0) is 49.4 Å². The van der Waals surface area contributed by atoms with Gasteiger partial charge in [-0.3, -0.25) is 4.55 Å². The third kappa shape index (κ3) is 4.44. The van der Waals surface area contributed by atoms with Gasteiger partial charge < -0.3 is 9.64 Å². The molecule has 4 rings (SSSR count). The van der Waals surface area contributed by atoms with Gasteiger partial charge in [-0.25, -0.2) is 8.42 Å². The largest absolute Gasteiger partial charge is 0.456 e. The Kier molecular flexibility index (Phi) is 6.24. The molecule has 0 unspecified atom stereocenters. The van der Waals surface area contributed by atoms with Gasteiger partial charge in [0, 0.05) is 57.4 Å². The molecule has 0 saturated heterocycles. The summed E-state index contributed by atoms with van der Waals surface area (Å²) < 4.78 is 64.5. The molecule has 0 bridgehead atoms. The monoisotopic (exact) mass is 519 g/mol. The van der Waals surface area contributed by atoms with E-state index in [0.29, 0.717) is 33.1 Å². The summed E-state index contributed by atoms with van der Waals surface area (Å²) in [7, 11) is -3.62. The fourth-order valence-electron chi connectivity index (χ4n) is 4.07. The van der Waals surface area contributed by atoms with Gasteiger partial charge in [0.15, 0.2) is 0 Å². The molecule has 0 atom stereocenters. The van der Waals surface area contributed by atoms with Crippen molar-refractivity contribution in [3.05, 3.63) is 76.2 Å². The summed E-state index contributed by atoms with van der Waals surface area (Å²) in [4.78, 5) is 1.12. The fraction of sp³-hybridized carbons (Fsp3) is 0.167. The van der Waals surface area contributed by atoms with Crippen LogP contribution >= 0.6 is 10.7 Å². The smallest absolute Gasteiger partial charge is 0.295 e. The number of fused-ring (bicyclic) bond motifs is 2. The lowest BCUT2D eigenvalue weighted by Crippen LogP contribution is -2.23. The number of ether oxygens (including phenoxy) is 1. The van der Waals surface area contributed by atoms with Gasteiger partial charge in [0.2, 0.25) is 0 Å². The molecule has 0 spiro atoms. The van der Waals surface area contributed by atoms with Crippen LogP contribution in [-0.4, -0.2) is 34.5 Å². The third-order valence-corrected chi connectivity index (χ3v) is 7.93. The molecule has 1 heterocycles. The minimum Gasteiger partial charge on any atom is -0.456 e. The first kappa shape index (κ1) is 24.3. The lowest BCUT2D eigenvalue weighted by molar-refractivity contribution is 0.471. The average molecular weight is 520 g/mol. The maximum atomic E-state index is 12.3. The Hall–Kier alpha value is -2.85. The Morgan fingerprint density at radius 2 is 1.59 bits per heavy atom. The maximum absolute atomic E-state index is 12.3. The van der Waals surface area contributed by atoms with Crippen LogP contribution in [0.1, 0.15) is 25.0 Å². The molecule has 3 aromatic carbocycles. The van der Waals surface area contributed by atoms with E-state index in [1.54, 1.807) is 18.2 Å². The van der Waals surface area contributed by atoms with E-state index in [1.807, 2.05) is 32.0 Å². The van der Waals surface area contributed by atoms with Gasteiger partial charge in [0.25, 0.3) is 19.2 Å². The van der Waals surface area contributed by atoms with E-state index >= 15 is 0 Å². The minimum absolute atomic E-state index is 0.116. The van der Waals surface area contributed by atoms with Crippen molar-refractivity contribution < 1.29 is 26.1 Å². The Bertz CT molecular complexity index is 1630. The van der Waals surface area contributed by atoms with Crippen molar-refractivity contribution in [3.8, 4) is 11.5 Å². The molecule has 34 heavy (non-hydrogen) atoms. The van der Waals surface area contributed by atoms with Crippen LogP contribution in [-0.2, 0) is 19.2 Å². The molecule has 0 saturated carbocycles. The van der Waals surface area contributed by atoms with Crippen LogP contribution < -0.4 is 20.1 Å². The lowest BCUT2D eigenvalue weighted by atomic mass is 9.92. The highest BCUT2D eigenvalue weighted by Gasteiger charge is 2.27. The molecule has 1 aliphatic rings. The second kappa shape index (κ2) is 8.74. The topological polar surface area (TPSA) is 101 Å². The summed E-state index contributed by atoms with van der Waals surface area (Å²) >= 11 is 0. The molecule has 3 aromatic rings. The van der Waals surface area contributed by atoms with Gasteiger partial charge in [0.05, 0.1) is 4.90 Å². The number of hydrogen-bond donors (Lipinski definition) is 1. The Morgan fingerprint density at radius 1 is 0.912 bits per heavy atom. The molecule has 178 valence electrons. The van der Waals surface area contributed by atoms with Gasteiger partial charge in [-0.1, -0.05) is 24.8 Å². The van der Waals surface area contributed by atoms with E-state index in [4.69, 9.17) is 15.4 Å². The predicted molar refractivity (Wildman–Crippen MR) is 132 cm³/mol. The zero-order chi connectivity index (χ0) is 24.8. The van der Waals surface area contributed by atoms with Gasteiger partial charge >= 0.3 is 0 Å². The summed E-state index contributed by atoms with van der Waals surface area (Å²) in [5.41, 5.74) is 2.10. The van der Waals surface area contributed by atoms with Crippen LogP contribution in [0.25, 0.3) is 12.2 Å². The van der Waals surface area contributed by atoms with Crippen LogP contribution in [0.15, 0.2) is 64.4 Å². The minimum atomic E-state index is -4.81. The first-order valence-corrected chi connectivity index (χ1v) is 14.2. The number of anilines is 1. The number of nitrogens with zero attached hydrogens (tertiary/aromatic N) is 1. The van der Waals surface area contributed by atoms with Crippen molar-refractivity contribution in [3.63, 3.8) is 0 Å².